The summed E-state index contributed by atoms with van der Waals surface area (Å²) in [6, 6.07) is 14.1. The smallest absolute Gasteiger partial charge is 0.243 e. The Bertz CT molecular complexity index is 839. The monoisotopic (exact) mass is 358 g/mol. The van der Waals surface area contributed by atoms with E-state index >= 15 is 0 Å². The molecule has 0 amide bonds. The highest BCUT2D eigenvalue weighted by atomic mass is 32.2. The second-order valence-corrected chi connectivity index (χ2v) is 8.77. The Labute approximate surface area is 151 Å². The summed E-state index contributed by atoms with van der Waals surface area (Å²) >= 11 is 0. The highest BCUT2D eigenvalue weighted by Crippen LogP contribution is 2.24. The lowest BCUT2D eigenvalue weighted by Gasteiger charge is -2.34. The van der Waals surface area contributed by atoms with Gasteiger partial charge in [0.1, 0.15) is 0 Å². The number of hydrogen-bond acceptors (Lipinski definition) is 3. The molecule has 1 saturated heterocycles. The predicted molar refractivity (Wildman–Crippen MR) is 101 cm³/mol. The first-order valence-corrected chi connectivity index (χ1v) is 10.2. The average molecular weight is 359 g/mol. The van der Waals surface area contributed by atoms with Crippen LogP contribution in [0.3, 0.4) is 0 Å². The summed E-state index contributed by atoms with van der Waals surface area (Å²) in [6.07, 6.45) is 0. The molecule has 25 heavy (non-hydrogen) atoms. The van der Waals surface area contributed by atoms with Gasteiger partial charge >= 0.3 is 0 Å². The first kappa shape index (κ1) is 18.1. The molecule has 4 nitrogen and oxygen atoms in total. The van der Waals surface area contributed by atoms with Gasteiger partial charge in [0, 0.05) is 32.7 Å². The summed E-state index contributed by atoms with van der Waals surface area (Å²) in [5.41, 5.74) is 4.25. The van der Waals surface area contributed by atoms with E-state index in [1.54, 1.807) is 4.31 Å². The minimum Gasteiger partial charge on any atom is -0.296 e. The fourth-order valence-electron chi connectivity index (χ4n) is 3.32. The molecule has 2 aromatic carbocycles. The summed E-state index contributed by atoms with van der Waals surface area (Å²) in [7, 11) is -3.42. The first-order chi connectivity index (χ1) is 11.9. The Morgan fingerprint density at radius 1 is 0.840 bits per heavy atom. The molecule has 5 heteroatoms. The van der Waals surface area contributed by atoms with Crippen LogP contribution in [0.15, 0.2) is 47.4 Å². The number of aryl methyl sites for hydroxylation is 3. The van der Waals surface area contributed by atoms with Crippen LogP contribution in [0.1, 0.15) is 22.3 Å². The van der Waals surface area contributed by atoms with E-state index in [4.69, 9.17) is 0 Å². The Hall–Kier alpha value is -1.69. The molecular formula is C20H26N2O2S. The van der Waals surface area contributed by atoms with Gasteiger partial charge in [0.2, 0.25) is 10.0 Å². The topological polar surface area (TPSA) is 40.6 Å². The molecule has 1 aliphatic rings. The van der Waals surface area contributed by atoms with Gasteiger partial charge in [-0.15, -0.1) is 0 Å². The lowest BCUT2D eigenvalue weighted by molar-refractivity contribution is 0.181. The molecule has 3 rings (SSSR count). The van der Waals surface area contributed by atoms with Crippen LogP contribution in [0.5, 0.6) is 0 Å². The summed E-state index contributed by atoms with van der Waals surface area (Å²) in [5, 5.41) is 0. The molecule has 2 aromatic rings. The Kier molecular flexibility index (Phi) is 5.27. The summed E-state index contributed by atoms with van der Waals surface area (Å²) < 4.78 is 27.7. The molecule has 0 bridgehead atoms. The highest BCUT2D eigenvalue weighted by molar-refractivity contribution is 7.89. The number of hydrogen-bond donors (Lipinski definition) is 0. The van der Waals surface area contributed by atoms with Crippen molar-refractivity contribution in [1.82, 2.24) is 9.21 Å². The first-order valence-electron chi connectivity index (χ1n) is 8.72. The molecule has 134 valence electrons. The van der Waals surface area contributed by atoms with Crippen molar-refractivity contribution in [3.05, 3.63) is 64.7 Å². The van der Waals surface area contributed by atoms with Crippen molar-refractivity contribution in [2.45, 2.75) is 32.2 Å². The van der Waals surface area contributed by atoms with Crippen molar-refractivity contribution in [3.63, 3.8) is 0 Å². The standard InChI is InChI=1S/C20H26N2O2S/c1-16-13-18(3)20(14-17(16)2)25(23,24)22-11-9-21(10-12-22)15-19-7-5-4-6-8-19/h4-8,13-14H,9-12,15H2,1-3H3. The molecule has 0 atom stereocenters. The SMILES string of the molecule is Cc1cc(C)c(S(=O)(=O)N2CCN(Cc3ccccc3)CC2)cc1C. The number of rotatable bonds is 4. The molecule has 1 fully saturated rings. The van der Waals surface area contributed by atoms with E-state index in [0.29, 0.717) is 18.0 Å². The Morgan fingerprint density at radius 2 is 1.44 bits per heavy atom. The van der Waals surface area contributed by atoms with Crippen LogP contribution in [0.2, 0.25) is 0 Å². The van der Waals surface area contributed by atoms with Crippen molar-refractivity contribution >= 4 is 10.0 Å². The molecule has 0 saturated carbocycles. The average Bonchev–Trinajstić information content (AvgIpc) is 2.59. The van der Waals surface area contributed by atoms with Gasteiger partial charge in [-0.25, -0.2) is 8.42 Å². The highest BCUT2D eigenvalue weighted by Gasteiger charge is 2.29. The molecule has 0 unspecified atom stereocenters. The molecule has 0 N–H and O–H groups in total. The van der Waals surface area contributed by atoms with Crippen LogP contribution < -0.4 is 0 Å². The quantitative estimate of drug-likeness (QED) is 0.843. The van der Waals surface area contributed by atoms with Crippen molar-refractivity contribution in [3.8, 4) is 0 Å². The summed E-state index contributed by atoms with van der Waals surface area (Å²) in [5.74, 6) is 0. The van der Waals surface area contributed by atoms with Crippen LogP contribution in [0.25, 0.3) is 0 Å². The molecule has 1 heterocycles. The largest absolute Gasteiger partial charge is 0.296 e. The predicted octanol–water partition coefficient (Wildman–Crippen LogP) is 3.12. The fraction of sp³-hybridized carbons (Fsp3) is 0.400. The van der Waals surface area contributed by atoms with Crippen molar-refractivity contribution in [1.29, 1.82) is 0 Å². The number of piperazine rings is 1. The van der Waals surface area contributed by atoms with Gasteiger partial charge in [0.15, 0.2) is 0 Å². The van der Waals surface area contributed by atoms with Gasteiger partial charge in [-0.05, 0) is 49.1 Å². The van der Waals surface area contributed by atoms with Gasteiger partial charge < -0.3 is 0 Å². The van der Waals surface area contributed by atoms with Crippen LogP contribution in [-0.2, 0) is 16.6 Å². The molecule has 0 aromatic heterocycles. The van der Waals surface area contributed by atoms with E-state index in [-0.39, 0.29) is 0 Å². The van der Waals surface area contributed by atoms with Crippen LogP contribution in [-0.4, -0.2) is 43.8 Å². The zero-order valence-electron chi connectivity index (χ0n) is 15.2. The normalized spacial score (nSPS) is 16.9. The van der Waals surface area contributed by atoms with Gasteiger partial charge in [-0.3, -0.25) is 4.90 Å². The lowest BCUT2D eigenvalue weighted by Crippen LogP contribution is -2.48. The zero-order chi connectivity index (χ0) is 18.0. The van der Waals surface area contributed by atoms with E-state index < -0.39 is 10.0 Å². The third kappa shape index (κ3) is 3.94. The zero-order valence-corrected chi connectivity index (χ0v) is 16.0. The molecule has 0 spiro atoms. The Balaban J connectivity index is 1.71. The van der Waals surface area contributed by atoms with E-state index in [9.17, 15) is 8.42 Å². The number of benzene rings is 2. The van der Waals surface area contributed by atoms with Crippen LogP contribution in [0.4, 0.5) is 0 Å². The minimum absolute atomic E-state index is 0.451. The van der Waals surface area contributed by atoms with Crippen molar-refractivity contribution < 1.29 is 8.42 Å². The molecule has 0 radical (unpaired) electrons. The maximum Gasteiger partial charge on any atom is 0.243 e. The molecule has 0 aliphatic carbocycles. The third-order valence-electron chi connectivity index (χ3n) is 4.99. The number of nitrogens with zero attached hydrogens (tertiary/aromatic N) is 2. The molecular weight excluding hydrogens is 332 g/mol. The van der Waals surface area contributed by atoms with Crippen molar-refractivity contribution in [2.75, 3.05) is 26.2 Å². The number of sulfonamides is 1. The lowest BCUT2D eigenvalue weighted by atomic mass is 10.1. The van der Waals surface area contributed by atoms with Gasteiger partial charge in [0.05, 0.1) is 4.90 Å². The van der Waals surface area contributed by atoms with Gasteiger partial charge in [-0.2, -0.15) is 4.31 Å². The van der Waals surface area contributed by atoms with E-state index in [2.05, 4.69) is 17.0 Å². The van der Waals surface area contributed by atoms with Crippen molar-refractivity contribution in [2.24, 2.45) is 0 Å². The fourth-order valence-corrected chi connectivity index (χ4v) is 5.03. The maximum absolute atomic E-state index is 13.0. The summed E-state index contributed by atoms with van der Waals surface area (Å²) in [6.45, 7) is 9.34. The summed E-state index contributed by atoms with van der Waals surface area (Å²) in [4.78, 5) is 2.77. The third-order valence-corrected chi connectivity index (χ3v) is 7.03. The van der Waals surface area contributed by atoms with Crippen LogP contribution in [0, 0.1) is 20.8 Å². The maximum atomic E-state index is 13.0. The second kappa shape index (κ2) is 7.28. The molecule has 1 aliphatic heterocycles. The van der Waals surface area contributed by atoms with E-state index in [1.807, 2.05) is 51.1 Å². The second-order valence-electron chi connectivity index (χ2n) is 6.87. The van der Waals surface area contributed by atoms with Gasteiger partial charge in [0.25, 0.3) is 0 Å². The Morgan fingerprint density at radius 3 is 2.08 bits per heavy atom. The van der Waals surface area contributed by atoms with Gasteiger partial charge in [-0.1, -0.05) is 36.4 Å². The van der Waals surface area contributed by atoms with Crippen LogP contribution >= 0.6 is 0 Å². The minimum atomic E-state index is -3.42. The van der Waals surface area contributed by atoms with E-state index in [0.717, 1.165) is 36.3 Å². The van der Waals surface area contributed by atoms with E-state index in [1.165, 1.54) is 5.56 Å².